The second-order valence-electron chi connectivity index (χ2n) is 5.67. The lowest BCUT2D eigenvalue weighted by molar-refractivity contribution is -0.387. The number of nitro groups is 1. The highest BCUT2D eigenvalue weighted by atomic mass is 19.1. The summed E-state index contributed by atoms with van der Waals surface area (Å²) in [5.41, 5.74) is 0.246. The summed E-state index contributed by atoms with van der Waals surface area (Å²) in [6.45, 7) is 3.39. The summed E-state index contributed by atoms with van der Waals surface area (Å²) < 4.78 is 13.9. The van der Waals surface area contributed by atoms with Crippen molar-refractivity contribution in [3.05, 3.63) is 39.7 Å². The van der Waals surface area contributed by atoms with E-state index in [0.717, 1.165) is 13.0 Å². The Balaban J connectivity index is 1.97. The van der Waals surface area contributed by atoms with E-state index >= 15 is 0 Å². The van der Waals surface area contributed by atoms with Gasteiger partial charge in [-0.2, -0.15) is 4.39 Å². The fourth-order valence-corrected chi connectivity index (χ4v) is 3.09. The van der Waals surface area contributed by atoms with Gasteiger partial charge in [0.1, 0.15) is 0 Å². The number of hydrogen-bond donors (Lipinski definition) is 1. The summed E-state index contributed by atoms with van der Waals surface area (Å²) in [7, 11) is 0. The lowest BCUT2D eigenvalue weighted by Gasteiger charge is -2.27. The van der Waals surface area contributed by atoms with Gasteiger partial charge in [-0.25, -0.2) is 0 Å². The molecule has 0 atom stereocenters. The summed E-state index contributed by atoms with van der Waals surface area (Å²) in [6, 6.07) is 4.33. The van der Waals surface area contributed by atoms with Crippen LogP contribution < -0.4 is 5.32 Å². The van der Waals surface area contributed by atoms with E-state index in [2.05, 4.69) is 12.2 Å². The van der Waals surface area contributed by atoms with E-state index in [-0.39, 0.29) is 0 Å². The molecule has 0 aliphatic heterocycles. The van der Waals surface area contributed by atoms with Crippen molar-refractivity contribution in [2.75, 3.05) is 6.54 Å². The number of hydrogen-bond acceptors (Lipinski definition) is 3. The molecule has 0 spiro atoms. The number of halogens is 1. The Morgan fingerprint density at radius 1 is 1.40 bits per heavy atom. The summed E-state index contributed by atoms with van der Waals surface area (Å²) in [6.07, 6.45) is 6.08. The minimum absolute atomic E-state index is 0.331. The van der Waals surface area contributed by atoms with E-state index < -0.39 is 16.4 Å². The molecule has 1 saturated carbocycles. The van der Waals surface area contributed by atoms with Crippen LogP contribution >= 0.6 is 0 Å². The third kappa shape index (κ3) is 3.15. The summed E-state index contributed by atoms with van der Waals surface area (Å²) in [4.78, 5) is 10.0. The van der Waals surface area contributed by atoms with Crippen LogP contribution in [0.4, 0.5) is 10.1 Å². The first kappa shape index (κ1) is 14.9. The SMILES string of the molecule is CCC1(CNCc2cccc([N+](=O)[O-])c2F)CCCC1. The predicted octanol–water partition coefficient (Wildman–Crippen LogP) is 3.79. The molecule has 2 rings (SSSR count). The molecular formula is C15H21FN2O2. The van der Waals surface area contributed by atoms with Crippen LogP contribution in [0.2, 0.25) is 0 Å². The van der Waals surface area contributed by atoms with Gasteiger partial charge in [0.2, 0.25) is 5.82 Å². The summed E-state index contributed by atoms with van der Waals surface area (Å²) in [5.74, 6) is -0.720. The van der Waals surface area contributed by atoms with Crippen LogP contribution in [-0.2, 0) is 6.54 Å². The fraction of sp³-hybridized carbons (Fsp3) is 0.600. The van der Waals surface area contributed by atoms with Crippen molar-refractivity contribution < 1.29 is 9.31 Å². The first-order chi connectivity index (χ1) is 9.58. The Labute approximate surface area is 118 Å². The van der Waals surface area contributed by atoms with Crippen LogP contribution in [0.3, 0.4) is 0 Å². The molecular weight excluding hydrogens is 259 g/mol. The molecule has 4 nitrogen and oxygen atoms in total. The number of benzene rings is 1. The van der Waals surface area contributed by atoms with Gasteiger partial charge in [-0.05, 0) is 24.7 Å². The maximum atomic E-state index is 13.9. The molecule has 20 heavy (non-hydrogen) atoms. The quantitative estimate of drug-likeness (QED) is 0.637. The normalized spacial score (nSPS) is 17.3. The topological polar surface area (TPSA) is 55.2 Å². The van der Waals surface area contributed by atoms with Crippen LogP contribution in [0.5, 0.6) is 0 Å². The van der Waals surface area contributed by atoms with E-state index in [0.29, 0.717) is 17.5 Å². The van der Waals surface area contributed by atoms with E-state index in [1.165, 1.54) is 37.8 Å². The molecule has 0 amide bonds. The standard InChI is InChI=1S/C15H21FN2O2/c1-2-15(8-3-4-9-15)11-17-10-12-6-5-7-13(14(12)16)18(19)20/h5-7,17H,2-4,8-11H2,1H3. The highest BCUT2D eigenvalue weighted by Crippen LogP contribution is 2.40. The largest absolute Gasteiger partial charge is 0.312 e. The molecule has 0 bridgehead atoms. The highest BCUT2D eigenvalue weighted by Gasteiger charge is 2.31. The summed E-state index contributed by atoms with van der Waals surface area (Å²) in [5, 5.41) is 14.0. The average molecular weight is 280 g/mol. The minimum atomic E-state index is -0.720. The van der Waals surface area contributed by atoms with E-state index in [9.17, 15) is 14.5 Å². The van der Waals surface area contributed by atoms with Crippen LogP contribution in [0, 0.1) is 21.3 Å². The zero-order chi connectivity index (χ0) is 14.6. The Morgan fingerprint density at radius 3 is 2.70 bits per heavy atom. The van der Waals surface area contributed by atoms with Gasteiger partial charge < -0.3 is 5.32 Å². The first-order valence-corrected chi connectivity index (χ1v) is 7.20. The second kappa shape index (κ2) is 6.31. The second-order valence-corrected chi connectivity index (χ2v) is 5.67. The fourth-order valence-electron chi connectivity index (χ4n) is 3.09. The monoisotopic (exact) mass is 280 g/mol. The molecule has 5 heteroatoms. The average Bonchev–Trinajstić information content (AvgIpc) is 2.90. The van der Waals surface area contributed by atoms with Gasteiger partial charge in [-0.15, -0.1) is 0 Å². The van der Waals surface area contributed by atoms with E-state index in [1.54, 1.807) is 6.07 Å². The summed E-state index contributed by atoms with van der Waals surface area (Å²) >= 11 is 0. The van der Waals surface area contributed by atoms with E-state index in [1.807, 2.05) is 0 Å². The maximum Gasteiger partial charge on any atom is 0.305 e. The molecule has 1 aliphatic carbocycles. The molecule has 0 saturated heterocycles. The van der Waals surface area contributed by atoms with E-state index in [4.69, 9.17) is 0 Å². The molecule has 0 unspecified atom stereocenters. The maximum absolute atomic E-state index is 13.9. The van der Waals surface area contributed by atoms with Gasteiger partial charge in [-0.3, -0.25) is 10.1 Å². The molecule has 0 aromatic heterocycles. The van der Waals surface area contributed by atoms with Crippen molar-refractivity contribution in [1.29, 1.82) is 0 Å². The van der Waals surface area contributed by atoms with Crippen molar-refractivity contribution in [2.24, 2.45) is 5.41 Å². The lowest BCUT2D eigenvalue weighted by atomic mass is 9.83. The van der Waals surface area contributed by atoms with Crippen LogP contribution in [0.25, 0.3) is 0 Å². The van der Waals surface area contributed by atoms with Crippen molar-refractivity contribution in [1.82, 2.24) is 5.32 Å². The highest BCUT2D eigenvalue weighted by molar-refractivity contribution is 5.36. The zero-order valence-electron chi connectivity index (χ0n) is 11.8. The van der Waals surface area contributed by atoms with Crippen molar-refractivity contribution in [2.45, 2.75) is 45.6 Å². The third-order valence-electron chi connectivity index (χ3n) is 4.48. The van der Waals surface area contributed by atoms with Crippen LogP contribution in [0.15, 0.2) is 18.2 Å². The van der Waals surface area contributed by atoms with Crippen molar-refractivity contribution in [3.8, 4) is 0 Å². The third-order valence-corrected chi connectivity index (χ3v) is 4.48. The molecule has 1 N–H and O–H groups in total. The van der Waals surface area contributed by atoms with Crippen LogP contribution in [0.1, 0.15) is 44.6 Å². The molecule has 0 heterocycles. The van der Waals surface area contributed by atoms with Gasteiger partial charge in [0.05, 0.1) is 4.92 Å². The van der Waals surface area contributed by atoms with Gasteiger partial charge in [0, 0.05) is 24.7 Å². The number of nitrogens with one attached hydrogen (secondary N) is 1. The van der Waals surface area contributed by atoms with Crippen LogP contribution in [-0.4, -0.2) is 11.5 Å². The number of nitro benzene ring substituents is 1. The Bertz CT molecular complexity index is 485. The van der Waals surface area contributed by atoms with Crippen molar-refractivity contribution >= 4 is 5.69 Å². The molecule has 0 radical (unpaired) electrons. The molecule has 1 aromatic carbocycles. The number of rotatable bonds is 6. The lowest BCUT2D eigenvalue weighted by Crippen LogP contribution is -2.31. The molecule has 1 fully saturated rings. The smallest absolute Gasteiger partial charge is 0.305 e. The Kier molecular flexibility index (Phi) is 4.70. The van der Waals surface area contributed by atoms with Gasteiger partial charge in [-0.1, -0.05) is 31.9 Å². The predicted molar refractivity (Wildman–Crippen MR) is 76.0 cm³/mol. The molecule has 1 aromatic rings. The Morgan fingerprint density at radius 2 is 2.10 bits per heavy atom. The molecule has 1 aliphatic rings. The first-order valence-electron chi connectivity index (χ1n) is 7.20. The molecule has 110 valence electrons. The van der Waals surface area contributed by atoms with Crippen molar-refractivity contribution in [3.63, 3.8) is 0 Å². The Hall–Kier alpha value is -1.49. The minimum Gasteiger partial charge on any atom is -0.312 e. The van der Waals surface area contributed by atoms with Gasteiger partial charge in [0.15, 0.2) is 0 Å². The number of nitrogens with zero attached hydrogens (tertiary/aromatic N) is 1. The van der Waals surface area contributed by atoms with Gasteiger partial charge in [0.25, 0.3) is 0 Å². The van der Waals surface area contributed by atoms with Gasteiger partial charge >= 0.3 is 5.69 Å². The zero-order valence-corrected chi connectivity index (χ0v) is 11.8.